The van der Waals surface area contributed by atoms with E-state index < -0.39 is 5.97 Å². The molecule has 0 spiro atoms. The maximum absolute atomic E-state index is 13.9. The molecule has 1 saturated heterocycles. The van der Waals surface area contributed by atoms with Gasteiger partial charge < -0.3 is 19.5 Å². The van der Waals surface area contributed by atoms with Crippen molar-refractivity contribution in [2.24, 2.45) is 0 Å². The van der Waals surface area contributed by atoms with E-state index in [0.717, 1.165) is 48.6 Å². The zero-order valence-electron chi connectivity index (χ0n) is 22.2. The highest BCUT2D eigenvalue weighted by Gasteiger charge is 2.24. The molecule has 1 aliphatic heterocycles. The fourth-order valence-electron chi connectivity index (χ4n) is 4.61. The van der Waals surface area contributed by atoms with Gasteiger partial charge in [0.25, 0.3) is 5.91 Å². The number of carbonyl (C=O) groups excluding carboxylic acids is 1. The first-order valence-corrected chi connectivity index (χ1v) is 13.5. The minimum atomic E-state index is -1.10. The molecule has 0 aromatic heterocycles. The topological polar surface area (TPSA) is 91.3 Å². The van der Waals surface area contributed by atoms with Crippen molar-refractivity contribution in [1.82, 2.24) is 0 Å². The minimum absolute atomic E-state index is 0.0294. The molecule has 3 aromatic rings. The number of nitrogens with one attached hydrogen (secondary N) is 1. The third kappa shape index (κ3) is 6.54. The van der Waals surface area contributed by atoms with Gasteiger partial charge in [-0.1, -0.05) is 28.1 Å². The molecule has 1 aliphatic rings. The highest BCUT2D eigenvalue weighted by molar-refractivity contribution is 9.10. The second-order valence-electron chi connectivity index (χ2n) is 9.22. The molecule has 1 heterocycles. The number of carboxylic acids is 1. The Morgan fingerprint density at radius 3 is 2.38 bits per heavy atom. The smallest absolute Gasteiger partial charge is 0.339 e. The zero-order valence-corrected chi connectivity index (χ0v) is 23.8. The summed E-state index contributed by atoms with van der Waals surface area (Å²) < 4.78 is 11.1. The monoisotopic (exact) mass is 593 g/mol. The third-order valence-corrected chi connectivity index (χ3v) is 7.33. The Labute approximate surface area is 236 Å². The van der Waals surface area contributed by atoms with Crippen molar-refractivity contribution in [3.05, 3.63) is 81.8 Å². The van der Waals surface area contributed by atoms with Crippen LogP contribution in [0.4, 0.5) is 17.1 Å². The van der Waals surface area contributed by atoms with E-state index in [1.807, 2.05) is 43.3 Å². The predicted molar refractivity (Wildman–Crippen MR) is 158 cm³/mol. The number of aromatic carboxylic acids is 1. The molecule has 204 valence electrons. The Morgan fingerprint density at radius 2 is 1.74 bits per heavy atom. The normalized spacial score (nSPS) is 13.3. The number of ether oxygens (including phenoxy) is 2. The number of rotatable bonds is 9. The molecule has 0 unspecified atom stereocenters. The number of carboxylic acid groups (broad SMARTS) is 1. The number of hydrogen-bond donors (Lipinski definition) is 2. The standard InChI is InChI=1S/C30H32BrN3O5/c1-20-8-7-9-26(33-16-5-4-6-17-33)29(20)34(32-22-11-13-23(38-2)14-12-22)28(35)15-10-21-18-27(39-3)24(30(36)37)19-25(21)31/h7-15,18-19,32H,4-6,16-17H2,1-3H3,(H,36,37). The average molecular weight is 595 g/mol. The van der Waals surface area contributed by atoms with E-state index in [9.17, 15) is 14.7 Å². The SMILES string of the molecule is COc1ccc(NN(C(=O)C=Cc2cc(OC)c(C(=O)O)cc2Br)c2c(C)cccc2N2CCCCC2)cc1. The minimum Gasteiger partial charge on any atom is -0.497 e. The lowest BCUT2D eigenvalue weighted by Crippen LogP contribution is -2.38. The molecule has 39 heavy (non-hydrogen) atoms. The van der Waals surface area contributed by atoms with Crippen LogP contribution in [0.3, 0.4) is 0 Å². The molecule has 1 fully saturated rings. The summed E-state index contributed by atoms with van der Waals surface area (Å²) in [5.41, 5.74) is 7.38. The summed E-state index contributed by atoms with van der Waals surface area (Å²) in [5.74, 6) is -0.477. The number of piperidine rings is 1. The van der Waals surface area contributed by atoms with Crippen LogP contribution < -0.4 is 24.8 Å². The highest BCUT2D eigenvalue weighted by atomic mass is 79.9. The summed E-state index contributed by atoms with van der Waals surface area (Å²) in [6.07, 6.45) is 6.52. The Morgan fingerprint density at radius 1 is 1.03 bits per heavy atom. The molecule has 1 amide bonds. The van der Waals surface area contributed by atoms with E-state index >= 15 is 0 Å². The first kappa shape index (κ1) is 28.0. The molecule has 9 heteroatoms. The lowest BCUT2D eigenvalue weighted by Gasteiger charge is -2.34. The van der Waals surface area contributed by atoms with E-state index in [4.69, 9.17) is 9.47 Å². The number of nitrogens with zero attached hydrogens (tertiary/aromatic N) is 2. The van der Waals surface area contributed by atoms with Crippen molar-refractivity contribution in [2.45, 2.75) is 26.2 Å². The Balaban J connectivity index is 1.74. The van der Waals surface area contributed by atoms with E-state index in [-0.39, 0.29) is 17.2 Å². The van der Waals surface area contributed by atoms with Gasteiger partial charge in [0.1, 0.15) is 17.1 Å². The Kier molecular flexibility index (Phi) is 9.14. The van der Waals surface area contributed by atoms with Crippen molar-refractivity contribution in [2.75, 3.05) is 42.6 Å². The van der Waals surface area contributed by atoms with Gasteiger partial charge in [-0.3, -0.25) is 10.2 Å². The summed E-state index contributed by atoms with van der Waals surface area (Å²) in [6, 6.07) is 16.5. The fraction of sp³-hybridized carbons (Fsp3) is 0.267. The van der Waals surface area contributed by atoms with Crippen molar-refractivity contribution in [3.63, 3.8) is 0 Å². The molecule has 0 bridgehead atoms. The molecular weight excluding hydrogens is 562 g/mol. The number of benzene rings is 3. The quantitative estimate of drug-likeness (QED) is 0.215. The van der Waals surface area contributed by atoms with Gasteiger partial charge in [0.2, 0.25) is 0 Å². The van der Waals surface area contributed by atoms with Crippen LogP contribution in [-0.2, 0) is 4.79 Å². The molecule has 2 N–H and O–H groups in total. The predicted octanol–water partition coefficient (Wildman–Crippen LogP) is 6.54. The van der Waals surface area contributed by atoms with Crippen LogP contribution in [0.5, 0.6) is 11.5 Å². The van der Waals surface area contributed by atoms with Gasteiger partial charge in [-0.05, 0) is 85.9 Å². The van der Waals surface area contributed by atoms with Gasteiger partial charge in [-0.15, -0.1) is 0 Å². The number of hydrazine groups is 1. The van der Waals surface area contributed by atoms with Gasteiger partial charge in [-0.25, -0.2) is 9.80 Å². The van der Waals surface area contributed by atoms with Gasteiger partial charge in [-0.2, -0.15) is 0 Å². The number of hydrogen-bond acceptors (Lipinski definition) is 6. The molecule has 3 aromatic carbocycles. The van der Waals surface area contributed by atoms with Gasteiger partial charge in [0.05, 0.1) is 31.3 Å². The van der Waals surface area contributed by atoms with Gasteiger partial charge in [0, 0.05) is 23.6 Å². The number of para-hydroxylation sites is 1. The number of carbonyl (C=O) groups is 2. The lowest BCUT2D eigenvalue weighted by molar-refractivity contribution is -0.113. The summed E-state index contributed by atoms with van der Waals surface area (Å²) >= 11 is 3.42. The van der Waals surface area contributed by atoms with Crippen molar-refractivity contribution in [3.8, 4) is 11.5 Å². The Bertz CT molecular complexity index is 1370. The van der Waals surface area contributed by atoms with Crippen LogP contribution in [0, 0.1) is 6.92 Å². The number of aryl methyl sites for hydroxylation is 1. The van der Waals surface area contributed by atoms with E-state index in [1.54, 1.807) is 24.3 Å². The third-order valence-electron chi connectivity index (χ3n) is 6.64. The van der Waals surface area contributed by atoms with Crippen LogP contribution in [0.25, 0.3) is 6.08 Å². The summed E-state index contributed by atoms with van der Waals surface area (Å²) in [7, 11) is 3.02. The summed E-state index contributed by atoms with van der Waals surface area (Å²) in [6.45, 7) is 3.85. The number of anilines is 3. The number of amides is 1. The van der Waals surface area contributed by atoms with Crippen molar-refractivity contribution < 1.29 is 24.2 Å². The fourth-order valence-corrected chi connectivity index (χ4v) is 5.08. The van der Waals surface area contributed by atoms with Crippen LogP contribution in [0.15, 0.2) is 65.1 Å². The summed E-state index contributed by atoms with van der Waals surface area (Å²) in [5, 5.41) is 11.0. The first-order chi connectivity index (χ1) is 18.8. The van der Waals surface area contributed by atoms with Crippen LogP contribution in [0.2, 0.25) is 0 Å². The lowest BCUT2D eigenvalue weighted by atomic mass is 10.1. The maximum atomic E-state index is 13.9. The van der Waals surface area contributed by atoms with Crippen LogP contribution >= 0.6 is 15.9 Å². The number of methoxy groups -OCH3 is 2. The maximum Gasteiger partial charge on any atom is 0.339 e. The first-order valence-electron chi connectivity index (χ1n) is 12.7. The van der Waals surface area contributed by atoms with Gasteiger partial charge >= 0.3 is 5.97 Å². The van der Waals surface area contributed by atoms with E-state index in [0.29, 0.717) is 15.8 Å². The van der Waals surface area contributed by atoms with Crippen LogP contribution in [-0.4, -0.2) is 44.3 Å². The molecule has 0 saturated carbocycles. The van der Waals surface area contributed by atoms with Crippen molar-refractivity contribution in [1.29, 1.82) is 0 Å². The molecule has 8 nitrogen and oxygen atoms in total. The molecular formula is C30H32BrN3O5. The molecule has 4 rings (SSSR count). The second kappa shape index (κ2) is 12.7. The Hall–Kier alpha value is -3.98. The zero-order chi connectivity index (χ0) is 27.9. The second-order valence-corrected chi connectivity index (χ2v) is 10.1. The number of halogens is 1. The highest BCUT2D eigenvalue weighted by Crippen LogP contribution is 2.36. The summed E-state index contributed by atoms with van der Waals surface area (Å²) in [4.78, 5) is 27.8. The molecule has 0 aliphatic carbocycles. The average Bonchev–Trinajstić information content (AvgIpc) is 2.95. The molecule has 0 atom stereocenters. The van der Waals surface area contributed by atoms with Crippen molar-refractivity contribution >= 4 is 50.9 Å². The molecule has 0 radical (unpaired) electrons. The largest absolute Gasteiger partial charge is 0.497 e. The van der Waals surface area contributed by atoms with Gasteiger partial charge in [0.15, 0.2) is 0 Å². The van der Waals surface area contributed by atoms with E-state index in [1.165, 1.54) is 25.7 Å². The van der Waals surface area contributed by atoms with E-state index in [2.05, 4.69) is 32.3 Å². The van der Waals surface area contributed by atoms with Crippen LogP contribution in [0.1, 0.15) is 40.7 Å².